The Morgan fingerprint density at radius 1 is 1.27 bits per heavy atom. The Hall–Kier alpha value is -2.73. The fraction of sp³-hybridized carbons (Fsp3) is 0.350. The lowest BCUT2D eigenvalue weighted by atomic mass is 10.00. The number of likely N-dealkylation sites (tertiary alicyclic amines) is 1. The molecule has 2 N–H and O–H groups in total. The van der Waals surface area contributed by atoms with E-state index >= 15 is 0 Å². The maximum absolute atomic E-state index is 12.8. The normalized spacial score (nSPS) is 19.4. The van der Waals surface area contributed by atoms with Crippen LogP contribution in [-0.4, -0.2) is 46.0 Å². The van der Waals surface area contributed by atoms with Gasteiger partial charge in [0.1, 0.15) is 0 Å². The highest BCUT2D eigenvalue weighted by atomic mass is 16.3. The van der Waals surface area contributed by atoms with Crippen LogP contribution >= 0.6 is 0 Å². The zero-order valence-electron chi connectivity index (χ0n) is 15.0. The Labute approximate surface area is 152 Å². The second-order valence-corrected chi connectivity index (χ2v) is 6.77. The summed E-state index contributed by atoms with van der Waals surface area (Å²) in [5.74, 6) is -0.349. The number of carbonyl (C=O) groups excluding carboxylic acids is 2. The Balaban J connectivity index is 1.71. The summed E-state index contributed by atoms with van der Waals surface area (Å²) in [5.41, 5.74) is 2.94. The number of nitrogens with one attached hydrogen (secondary N) is 1. The summed E-state index contributed by atoms with van der Waals surface area (Å²) in [4.78, 5) is 30.1. The molecule has 0 saturated carbocycles. The summed E-state index contributed by atoms with van der Waals surface area (Å²) in [6, 6.07) is 11.0. The number of aliphatic hydroxyl groups excluding tert-OH is 1. The number of hydrogen-bond donors (Lipinski definition) is 2. The van der Waals surface area contributed by atoms with E-state index in [9.17, 15) is 14.7 Å². The summed E-state index contributed by atoms with van der Waals surface area (Å²) < 4.78 is 0. The van der Waals surface area contributed by atoms with Crippen molar-refractivity contribution in [1.82, 2.24) is 9.88 Å². The van der Waals surface area contributed by atoms with Crippen molar-refractivity contribution in [1.29, 1.82) is 0 Å². The maximum Gasteiger partial charge on any atom is 0.254 e. The molecule has 2 atom stereocenters. The highest BCUT2D eigenvalue weighted by molar-refractivity contribution is 5.97. The van der Waals surface area contributed by atoms with E-state index in [1.807, 2.05) is 31.2 Å². The number of aliphatic hydroxyl groups is 1. The molecule has 0 spiro atoms. The minimum absolute atomic E-state index is 0.0332. The lowest BCUT2D eigenvalue weighted by molar-refractivity contribution is -0.114. The van der Waals surface area contributed by atoms with E-state index in [4.69, 9.17) is 0 Å². The third kappa shape index (κ3) is 4.08. The molecular formula is C20H23N3O3. The molecule has 136 valence electrons. The van der Waals surface area contributed by atoms with Crippen LogP contribution in [0.4, 0.5) is 5.69 Å². The molecule has 2 amide bonds. The molecule has 0 bridgehead atoms. The predicted octanol–water partition coefficient (Wildman–Crippen LogP) is 2.02. The van der Waals surface area contributed by atoms with Crippen LogP contribution in [0.25, 0.3) is 0 Å². The summed E-state index contributed by atoms with van der Waals surface area (Å²) in [7, 11) is 0. The van der Waals surface area contributed by atoms with Gasteiger partial charge < -0.3 is 15.3 Å². The molecule has 2 heterocycles. The van der Waals surface area contributed by atoms with Gasteiger partial charge in [0, 0.05) is 49.1 Å². The van der Waals surface area contributed by atoms with E-state index in [1.165, 1.54) is 6.92 Å². The number of aryl methyl sites for hydroxylation is 1. The number of amides is 2. The fourth-order valence-electron chi connectivity index (χ4n) is 3.27. The second-order valence-electron chi connectivity index (χ2n) is 6.77. The smallest absolute Gasteiger partial charge is 0.254 e. The Bertz CT molecular complexity index is 807. The Kier molecular flexibility index (Phi) is 5.32. The second kappa shape index (κ2) is 7.66. The first kappa shape index (κ1) is 18.1. The van der Waals surface area contributed by atoms with Crippen molar-refractivity contribution in [3.8, 4) is 0 Å². The van der Waals surface area contributed by atoms with E-state index in [2.05, 4.69) is 10.3 Å². The van der Waals surface area contributed by atoms with Crippen molar-refractivity contribution in [2.24, 2.45) is 5.92 Å². The summed E-state index contributed by atoms with van der Waals surface area (Å²) in [5, 5.41) is 13.1. The van der Waals surface area contributed by atoms with Gasteiger partial charge >= 0.3 is 0 Å². The standard InChI is InChI=1S/C20H23N3O3/c1-13-6-7-15(10-18(13)22-14(2)24)20(26)23-11-16(19(25)12-23)9-17-5-3-4-8-21-17/h3-8,10,16,19,25H,9,11-12H2,1-2H3,(H,22,24)/t16-,19-/m1/s1. The number of pyridine rings is 1. The monoisotopic (exact) mass is 353 g/mol. The molecule has 26 heavy (non-hydrogen) atoms. The van der Waals surface area contributed by atoms with Gasteiger partial charge in [-0.05, 0) is 43.2 Å². The van der Waals surface area contributed by atoms with Crippen LogP contribution in [0.1, 0.15) is 28.5 Å². The van der Waals surface area contributed by atoms with Gasteiger partial charge in [-0.1, -0.05) is 12.1 Å². The average molecular weight is 353 g/mol. The molecule has 3 rings (SSSR count). The first-order chi connectivity index (χ1) is 12.4. The molecular weight excluding hydrogens is 330 g/mol. The third-order valence-corrected chi connectivity index (χ3v) is 4.69. The van der Waals surface area contributed by atoms with Crippen molar-refractivity contribution in [2.75, 3.05) is 18.4 Å². The first-order valence-electron chi connectivity index (χ1n) is 8.69. The number of β-amino-alcohol motifs (C(OH)–C–C–N with tert-alkyl or cyclic N) is 1. The van der Waals surface area contributed by atoms with Crippen LogP contribution in [0.5, 0.6) is 0 Å². The van der Waals surface area contributed by atoms with Crippen molar-refractivity contribution < 1.29 is 14.7 Å². The molecule has 1 saturated heterocycles. The lowest BCUT2D eigenvalue weighted by Crippen LogP contribution is -2.29. The minimum atomic E-state index is -0.568. The van der Waals surface area contributed by atoms with Crippen molar-refractivity contribution in [2.45, 2.75) is 26.4 Å². The largest absolute Gasteiger partial charge is 0.391 e. The lowest BCUT2D eigenvalue weighted by Gasteiger charge is -2.17. The van der Waals surface area contributed by atoms with Gasteiger partial charge in [0.25, 0.3) is 5.91 Å². The predicted molar refractivity (Wildman–Crippen MR) is 98.8 cm³/mol. The molecule has 1 aromatic carbocycles. The van der Waals surface area contributed by atoms with Crippen LogP contribution in [-0.2, 0) is 11.2 Å². The number of benzene rings is 1. The molecule has 6 heteroatoms. The molecule has 0 aliphatic carbocycles. The zero-order valence-corrected chi connectivity index (χ0v) is 15.0. The van der Waals surface area contributed by atoms with Gasteiger partial charge in [-0.3, -0.25) is 14.6 Å². The van der Waals surface area contributed by atoms with Gasteiger partial charge in [0.15, 0.2) is 0 Å². The number of anilines is 1. The van der Waals surface area contributed by atoms with Crippen LogP contribution in [0.2, 0.25) is 0 Å². The Morgan fingerprint density at radius 2 is 2.08 bits per heavy atom. The average Bonchev–Trinajstić information content (AvgIpc) is 2.97. The summed E-state index contributed by atoms with van der Waals surface area (Å²) >= 11 is 0. The minimum Gasteiger partial charge on any atom is -0.391 e. The molecule has 1 aliphatic heterocycles. The van der Waals surface area contributed by atoms with Gasteiger partial charge in [-0.25, -0.2) is 0 Å². The topological polar surface area (TPSA) is 82.5 Å². The number of rotatable bonds is 4. The van der Waals surface area contributed by atoms with Gasteiger partial charge in [0.05, 0.1) is 6.10 Å². The Morgan fingerprint density at radius 3 is 2.77 bits per heavy atom. The van der Waals surface area contributed by atoms with E-state index in [0.717, 1.165) is 11.3 Å². The van der Waals surface area contributed by atoms with Gasteiger partial charge in [0.2, 0.25) is 5.91 Å². The molecule has 1 aliphatic rings. The van der Waals surface area contributed by atoms with E-state index in [-0.39, 0.29) is 17.7 Å². The van der Waals surface area contributed by atoms with Crippen molar-refractivity contribution >= 4 is 17.5 Å². The van der Waals surface area contributed by atoms with E-state index in [1.54, 1.807) is 23.2 Å². The van der Waals surface area contributed by atoms with E-state index in [0.29, 0.717) is 30.8 Å². The molecule has 1 aromatic heterocycles. The van der Waals surface area contributed by atoms with Gasteiger partial charge in [-0.15, -0.1) is 0 Å². The summed E-state index contributed by atoms with van der Waals surface area (Å²) in [6.07, 6.45) is 1.80. The van der Waals surface area contributed by atoms with Crippen molar-refractivity contribution in [3.63, 3.8) is 0 Å². The molecule has 0 unspecified atom stereocenters. The fourth-order valence-corrected chi connectivity index (χ4v) is 3.27. The molecule has 6 nitrogen and oxygen atoms in total. The van der Waals surface area contributed by atoms with Crippen LogP contribution in [0, 0.1) is 12.8 Å². The van der Waals surface area contributed by atoms with Crippen molar-refractivity contribution in [3.05, 3.63) is 59.4 Å². The zero-order chi connectivity index (χ0) is 18.7. The molecule has 0 radical (unpaired) electrons. The quantitative estimate of drug-likeness (QED) is 0.881. The van der Waals surface area contributed by atoms with Crippen LogP contribution < -0.4 is 5.32 Å². The number of nitrogens with zero attached hydrogens (tertiary/aromatic N) is 2. The number of hydrogen-bond acceptors (Lipinski definition) is 4. The van der Waals surface area contributed by atoms with Crippen LogP contribution in [0.15, 0.2) is 42.6 Å². The van der Waals surface area contributed by atoms with E-state index < -0.39 is 6.10 Å². The molecule has 2 aromatic rings. The highest BCUT2D eigenvalue weighted by Crippen LogP contribution is 2.24. The van der Waals surface area contributed by atoms with Crippen LogP contribution in [0.3, 0.4) is 0 Å². The first-order valence-corrected chi connectivity index (χ1v) is 8.69. The van der Waals surface area contributed by atoms with Gasteiger partial charge in [-0.2, -0.15) is 0 Å². The SMILES string of the molecule is CC(=O)Nc1cc(C(=O)N2C[C@@H](Cc3ccccn3)[C@H](O)C2)ccc1C. The maximum atomic E-state index is 12.8. The number of carbonyl (C=O) groups is 2. The number of aromatic nitrogens is 1. The highest BCUT2D eigenvalue weighted by Gasteiger charge is 2.34. The summed E-state index contributed by atoms with van der Waals surface area (Å²) in [6.45, 7) is 4.11. The third-order valence-electron chi connectivity index (χ3n) is 4.69. The molecule has 1 fully saturated rings.